The first kappa shape index (κ1) is 12.8. The third-order valence-electron chi connectivity index (χ3n) is 1.44. The van der Waals surface area contributed by atoms with Crippen LogP contribution in [0.1, 0.15) is 46.5 Å². The van der Waals surface area contributed by atoms with E-state index in [2.05, 4.69) is 23.7 Å². The minimum atomic E-state index is -0.719. The summed E-state index contributed by atoms with van der Waals surface area (Å²) in [6.45, 7) is 5.65. The summed E-state index contributed by atoms with van der Waals surface area (Å²) in [6.07, 6.45) is 5.58. The van der Waals surface area contributed by atoms with Gasteiger partial charge in [-0.2, -0.15) is 0 Å². The number of carbonyl (C=O) groups is 1. The molecular formula is C11H18O3. The highest BCUT2D eigenvalue weighted by Gasteiger charge is 2.03. The third kappa shape index (κ3) is 8.92. The molecule has 0 aliphatic rings. The minimum Gasteiger partial charge on any atom is -0.431 e. The fourth-order valence-electron chi connectivity index (χ4n) is 0.809. The van der Waals surface area contributed by atoms with Crippen LogP contribution in [0, 0.1) is 12.0 Å². The molecule has 0 atom stereocenters. The summed E-state index contributed by atoms with van der Waals surface area (Å²) in [5, 5.41) is 0. The van der Waals surface area contributed by atoms with Crippen LogP contribution >= 0.6 is 0 Å². The number of hydrogen-bond acceptors (Lipinski definition) is 3. The van der Waals surface area contributed by atoms with Crippen LogP contribution in [0.15, 0.2) is 0 Å². The first-order valence-electron chi connectivity index (χ1n) is 5.02. The second-order valence-electron chi connectivity index (χ2n) is 3.25. The number of rotatable bonds is 4. The fraction of sp³-hybridized carbons (Fsp3) is 0.727. The Kier molecular flexibility index (Phi) is 7.72. The molecule has 0 bridgehead atoms. The molecular weight excluding hydrogens is 180 g/mol. The molecule has 0 unspecified atom stereocenters. The molecule has 0 fully saturated rings. The Morgan fingerprint density at radius 1 is 1.36 bits per heavy atom. The topological polar surface area (TPSA) is 35.5 Å². The highest BCUT2D eigenvalue weighted by molar-refractivity contribution is 5.61. The van der Waals surface area contributed by atoms with Gasteiger partial charge in [0.15, 0.2) is 0 Å². The van der Waals surface area contributed by atoms with Crippen LogP contribution in [0.4, 0.5) is 4.79 Å². The summed E-state index contributed by atoms with van der Waals surface area (Å²) in [4.78, 5) is 10.8. The van der Waals surface area contributed by atoms with Gasteiger partial charge in [-0.3, -0.25) is 0 Å². The van der Waals surface area contributed by atoms with Gasteiger partial charge in [-0.1, -0.05) is 25.7 Å². The second kappa shape index (κ2) is 8.43. The van der Waals surface area contributed by atoms with Gasteiger partial charge in [0.05, 0.1) is 6.10 Å². The van der Waals surface area contributed by atoms with E-state index in [0.717, 1.165) is 25.7 Å². The van der Waals surface area contributed by atoms with Crippen molar-refractivity contribution < 1.29 is 14.3 Å². The lowest BCUT2D eigenvalue weighted by molar-refractivity contribution is 0.0649. The van der Waals surface area contributed by atoms with Crippen molar-refractivity contribution in [3.63, 3.8) is 0 Å². The standard InChI is InChI=1S/C11H18O3/c1-4-5-6-7-8-9-13-11(12)14-10(2)3/h10H,4-7H2,1-3H3. The molecule has 0 saturated heterocycles. The van der Waals surface area contributed by atoms with E-state index in [9.17, 15) is 4.79 Å². The van der Waals surface area contributed by atoms with Crippen molar-refractivity contribution in [3.8, 4) is 12.0 Å². The molecule has 14 heavy (non-hydrogen) atoms. The molecule has 0 aliphatic heterocycles. The molecule has 80 valence electrons. The number of carbonyl (C=O) groups excluding carboxylic acids is 1. The lowest BCUT2D eigenvalue weighted by Gasteiger charge is -2.03. The van der Waals surface area contributed by atoms with Crippen molar-refractivity contribution in [2.45, 2.75) is 52.6 Å². The second-order valence-corrected chi connectivity index (χ2v) is 3.25. The maximum absolute atomic E-state index is 10.8. The van der Waals surface area contributed by atoms with Crippen molar-refractivity contribution in [2.24, 2.45) is 0 Å². The monoisotopic (exact) mass is 198 g/mol. The molecule has 3 heteroatoms. The number of ether oxygens (including phenoxy) is 2. The maximum Gasteiger partial charge on any atom is 0.522 e. The number of hydrogen-bond donors (Lipinski definition) is 0. The molecule has 0 aromatic rings. The molecule has 0 aliphatic carbocycles. The van der Waals surface area contributed by atoms with Gasteiger partial charge in [0.2, 0.25) is 0 Å². The van der Waals surface area contributed by atoms with Crippen LogP contribution in [0.2, 0.25) is 0 Å². The van der Waals surface area contributed by atoms with Gasteiger partial charge in [0, 0.05) is 6.42 Å². The van der Waals surface area contributed by atoms with Gasteiger partial charge in [-0.25, -0.2) is 4.79 Å². The molecule has 0 heterocycles. The van der Waals surface area contributed by atoms with E-state index in [1.165, 1.54) is 0 Å². The minimum absolute atomic E-state index is 0.163. The first-order chi connectivity index (χ1) is 6.66. The van der Waals surface area contributed by atoms with Crippen LogP contribution < -0.4 is 0 Å². The summed E-state index contributed by atoms with van der Waals surface area (Å²) in [5.41, 5.74) is 0. The molecule has 0 N–H and O–H groups in total. The molecule has 3 nitrogen and oxygen atoms in total. The van der Waals surface area contributed by atoms with E-state index in [1.54, 1.807) is 13.8 Å². The Balaban J connectivity index is 3.45. The quantitative estimate of drug-likeness (QED) is 0.395. The summed E-state index contributed by atoms with van der Waals surface area (Å²) < 4.78 is 9.23. The van der Waals surface area contributed by atoms with Gasteiger partial charge < -0.3 is 9.47 Å². The largest absolute Gasteiger partial charge is 0.522 e. The molecule has 0 radical (unpaired) electrons. The van der Waals surface area contributed by atoms with E-state index in [1.807, 2.05) is 0 Å². The van der Waals surface area contributed by atoms with E-state index in [4.69, 9.17) is 4.74 Å². The summed E-state index contributed by atoms with van der Waals surface area (Å²) >= 11 is 0. The summed E-state index contributed by atoms with van der Waals surface area (Å²) in [6, 6.07) is 0. The van der Waals surface area contributed by atoms with Crippen molar-refractivity contribution in [3.05, 3.63) is 0 Å². The van der Waals surface area contributed by atoms with E-state index >= 15 is 0 Å². The third-order valence-corrected chi connectivity index (χ3v) is 1.44. The average molecular weight is 198 g/mol. The normalized spacial score (nSPS) is 9.14. The Hall–Kier alpha value is -1.17. The van der Waals surface area contributed by atoms with Crippen molar-refractivity contribution in [1.29, 1.82) is 0 Å². The average Bonchev–Trinajstić information content (AvgIpc) is 2.10. The highest BCUT2D eigenvalue weighted by Crippen LogP contribution is 1.97. The van der Waals surface area contributed by atoms with Crippen LogP contribution in [-0.4, -0.2) is 12.3 Å². The van der Waals surface area contributed by atoms with E-state index in [-0.39, 0.29) is 6.10 Å². The van der Waals surface area contributed by atoms with Gasteiger partial charge in [0.1, 0.15) is 6.11 Å². The van der Waals surface area contributed by atoms with Gasteiger partial charge >= 0.3 is 6.16 Å². The van der Waals surface area contributed by atoms with Gasteiger partial charge in [-0.15, -0.1) is 0 Å². The lowest BCUT2D eigenvalue weighted by Crippen LogP contribution is -2.10. The molecule has 0 saturated carbocycles. The predicted molar refractivity (Wildman–Crippen MR) is 54.6 cm³/mol. The Bertz CT molecular complexity index is 210. The highest BCUT2D eigenvalue weighted by atomic mass is 16.7. The van der Waals surface area contributed by atoms with Crippen molar-refractivity contribution in [1.82, 2.24) is 0 Å². The maximum atomic E-state index is 10.8. The Labute approximate surface area is 85.8 Å². The zero-order chi connectivity index (χ0) is 10.8. The zero-order valence-corrected chi connectivity index (χ0v) is 9.13. The van der Waals surface area contributed by atoms with E-state index in [0.29, 0.717) is 0 Å². The molecule has 0 aromatic heterocycles. The van der Waals surface area contributed by atoms with Gasteiger partial charge in [-0.05, 0) is 20.3 Å². The smallest absolute Gasteiger partial charge is 0.431 e. The molecule has 0 aromatic carbocycles. The Morgan fingerprint density at radius 2 is 2.07 bits per heavy atom. The molecule has 0 spiro atoms. The van der Waals surface area contributed by atoms with Crippen molar-refractivity contribution in [2.75, 3.05) is 0 Å². The van der Waals surface area contributed by atoms with Crippen LogP contribution in [-0.2, 0) is 9.47 Å². The SMILES string of the molecule is CCCCCC#COC(=O)OC(C)C. The molecule has 0 rings (SSSR count). The van der Waals surface area contributed by atoms with Crippen LogP contribution in [0.25, 0.3) is 0 Å². The fourth-order valence-corrected chi connectivity index (χ4v) is 0.809. The van der Waals surface area contributed by atoms with Crippen LogP contribution in [0.3, 0.4) is 0 Å². The lowest BCUT2D eigenvalue weighted by atomic mass is 10.2. The Morgan fingerprint density at radius 3 is 2.64 bits per heavy atom. The van der Waals surface area contributed by atoms with E-state index < -0.39 is 6.16 Å². The van der Waals surface area contributed by atoms with Crippen molar-refractivity contribution >= 4 is 6.16 Å². The number of unbranched alkanes of at least 4 members (excludes halogenated alkanes) is 3. The van der Waals surface area contributed by atoms with Gasteiger partial charge in [0.25, 0.3) is 0 Å². The van der Waals surface area contributed by atoms with Crippen LogP contribution in [0.5, 0.6) is 0 Å². The molecule has 0 amide bonds. The zero-order valence-electron chi connectivity index (χ0n) is 9.13. The summed E-state index contributed by atoms with van der Waals surface area (Å²) in [5.74, 6) is 2.75. The predicted octanol–water partition coefficient (Wildman–Crippen LogP) is 3.09. The summed E-state index contributed by atoms with van der Waals surface area (Å²) in [7, 11) is 0. The first-order valence-corrected chi connectivity index (χ1v) is 5.02.